The fourth-order valence-electron chi connectivity index (χ4n) is 2.56. The van der Waals surface area contributed by atoms with Gasteiger partial charge in [-0.25, -0.2) is 20.0 Å². The second-order valence-corrected chi connectivity index (χ2v) is 8.19. The monoisotopic (exact) mass is 402 g/mol. The predicted octanol–water partition coefficient (Wildman–Crippen LogP) is 2.09. The highest BCUT2D eigenvalue weighted by molar-refractivity contribution is 8.76. The van der Waals surface area contributed by atoms with Crippen molar-refractivity contribution in [2.75, 3.05) is 39.9 Å². The molecule has 2 heterocycles. The van der Waals surface area contributed by atoms with Crippen LogP contribution < -0.4 is 0 Å². The van der Waals surface area contributed by atoms with E-state index in [9.17, 15) is 0 Å². The molecule has 0 saturated heterocycles. The lowest BCUT2D eigenvalue weighted by atomic mass is 10.2. The molecule has 146 valence electrons. The third kappa shape index (κ3) is 5.06. The molecule has 0 fully saturated rings. The van der Waals surface area contributed by atoms with Crippen molar-refractivity contribution < 1.29 is 18.9 Å². The molecule has 0 aromatic rings. The Labute approximate surface area is 162 Å². The first-order valence-electron chi connectivity index (χ1n) is 8.25. The molecule has 0 aromatic heterocycles. The smallest absolute Gasteiger partial charge is 0.210 e. The van der Waals surface area contributed by atoms with Crippen molar-refractivity contribution in [3.05, 3.63) is 0 Å². The first-order chi connectivity index (χ1) is 12.5. The molecule has 0 bridgehead atoms. The van der Waals surface area contributed by atoms with Gasteiger partial charge >= 0.3 is 0 Å². The van der Waals surface area contributed by atoms with Crippen LogP contribution >= 0.6 is 21.6 Å². The van der Waals surface area contributed by atoms with E-state index in [2.05, 4.69) is 20.0 Å². The maximum absolute atomic E-state index is 5.38. The number of nitrogens with zero attached hydrogens (tertiary/aromatic N) is 4. The van der Waals surface area contributed by atoms with Crippen LogP contribution in [-0.2, 0) is 18.9 Å². The summed E-state index contributed by atoms with van der Waals surface area (Å²) in [7, 11) is 9.83. The summed E-state index contributed by atoms with van der Waals surface area (Å²) < 4.78 is 21.3. The predicted molar refractivity (Wildman–Crippen MR) is 109 cm³/mol. The van der Waals surface area contributed by atoms with Crippen molar-refractivity contribution in [1.29, 1.82) is 0 Å². The molecule has 2 aliphatic rings. The highest BCUT2D eigenvalue weighted by atomic mass is 33.1. The lowest BCUT2D eigenvalue weighted by Gasteiger charge is -2.24. The maximum atomic E-state index is 5.38. The van der Waals surface area contributed by atoms with Crippen molar-refractivity contribution >= 4 is 45.2 Å². The van der Waals surface area contributed by atoms with Gasteiger partial charge in [0.15, 0.2) is 0 Å². The largest absolute Gasteiger partial charge is 0.483 e. The van der Waals surface area contributed by atoms with E-state index in [-0.39, 0.29) is 24.2 Å². The van der Waals surface area contributed by atoms with Gasteiger partial charge in [0.05, 0.1) is 28.4 Å². The zero-order valence-corrected chi connectivity index (χ0v) is 17.6. The van der Waals surface area contributed by atoms with Gasteiger partial charge in [-0.15, -0.1) is 0 Å². The second-order valence-electron chi connectivity index (χ2n) is 5.64. The molecule has 2 rings (SSSR count). The van der Waals surface area contributed by atoms with Crippen molar-refractivity contribution in [3.63, 3.8) is 0 Å². The van der Waals surface area contributed by atoms with Gasteiger partial charge in [0.1, 0.15) is 24.2 Å². The minimum absolute atomic E-state index is 0.115. The molecule has 26 heavy (non-hydrogen) atoms. The van der Waals surface area contributed by atoms with Crippen LogP contribution in [-0.4, -0.2) is 87.7 Å². The van der Waals surface area contributed by atoms with Crippen LogP contribution in [0.15, 0.2) is 20.0 Å². The molecule has 0 saturated carbocycles. The van der Waals surface area contributed by atoms with Crippen LogP contribution in [0.5, 0.6) is 0 Å². The Kier molecular flexibility index (Phi) is 8.08. The molecular weight excluding hydrogens is 376 g/mol. The van der Waals surface area contributed by atoms with Gasteiger partial charge in [-0.3, -0.25) is 0 Å². The molecule has 0 aliphatic carbocycles. The van der Waals surface area contributed by atoms with Gasteiger partial charge in [0.25, 0.3) is 0 Å². The molecule has 2 aliphatic heterocycles. The molecule has 0 spiro atoms. The molecular formula is C16H26N4O4S2. The Morgan fingerprint density at radius 3 is 1.27 bits per heavy atom. The van der Waals surface area contributed by atoms with Crippen LogP contribution in [0.4, 0.5) is 0 Å². The highest BCUT2D eigenvalue weighted by Gasteiger charge is 2.28. The number of aliphatic imine (C=N–C) groups is 4. The van der Waals surface area contributed by atoms with Gasteiger partial charge < -0.3 is 18.9 Å². The molecule has 0 radical (unpaired) electrons. The van der Waals surface area contributed by atoms with Crippen molar-refractivity contribution in [2.24, 2.45) is 20.0 Å². The van der Waals surface area contributed by atoms with Gasteiger partial charge in [0.2, 0.25) is 23.6 Å². The normalized spacial score (nSPS) is 28.4. The highest BCUT2D eigenvalue weighted by Crippen LogP contribution is 2.27. The standard InChI is InChI=1S/C16H26N4O4S2/c1-9-13(21-3)19-11(15(17-9)23-5)7-25-26-8-12-16(24-6)18-10(2)14(20-12)22-4/h9-12H,7-8H2,1-6H3/t9?,10?,11-,12-/m0/s1. The van der Waals surface area contributed by atoms with Crippen LogP contribution in [0.1, 0.15) is 13.8 Å². The topological polar surface area (TPSA) is 86.4 Å². The Morgan fingerprint density at radius 2 is 0.962 bits per heavy atom. The van der Waals surface area contributed by atoms with E-state index in [0.717, 1.165) is 11.5 Å². The van der Waals surface area contributed by atoms with E-state index < -0.39 is 0 Å². The van der Waals surface area contributed by atoms with Gasteiger partial charge in [-0.05, 0) is 13.8 Å². The van der Waals surface area contributed by atoms with E-state index in [1.807, 2.05) is 13.8 Å². The maximum Gasteiger partial charge on any atom is 0.210 e. The van der Waals surface area contributed by atoms with Crippen molar-refractivity contribution in [1.82, 2.24) is 0 Å². The average molecular weight is 403 g/mol. The number of rotatable bonds is 5. The van der Waals surface area contributed by atoms with Crippen LogP contribution in [0.3, 0.4) is 0 Å². The molecule has 0 aromatic carbocycles. The number of hydrogen-bond acceptors (Lipinski definition) is 10. The zero-order chi connectivity index (χ0) is 19.1. The Balaban J connectivity index is 1.89. The quantitative estimate of drug-likeness (QED) is 0.517. The summed E-state index contributed by atoms with van der Waals surface area (Å²) >= 11 is 0. The first-order valence-corrected chi connectivity index (χ1v) is 10.7. The summed E-state index contributed by atoms with van der Waals surface area (Å²) in [5.74, 6) is 3.98. The molecule has 10 heteroatoms. The van der Waals surface area contributed by atoms with Crippen LogP contribution in [0, 0.1) is 0 Å². The minimum atomic E-state index is -0.149. The van der Waals surface area contributed by atoms with E-state index in [4.69, 9.17) is 18.9 Å². The Bertz CT molecular complexity index is 557. The third-order valence-corrected chi connectivity index (χ3v) is 6.25. The van der Waals surface area contributed by atoms with E-state index in [1.165, 1.54) is 0 Å². The van der Waals surface area contributed by atoms with Gasteiger partial charge in [-0.2, -0.15) is 0 Å². The molecule has 0 N–H and O–H groups in total. The Morgan fingerprint density at radius 1 is 0.615 bits per heavy atom. The van der Waals surface area contributed by atoms with Crippen LogP contribution in [0.2, 0.25) is 0 Å². The van der Waals surface area contributed by atoms with E-state index >= 15 is 0 Å². The van der Waals surface area contributed by atoms with E-state index in [1.54, 1.807) is 50.0 Å². The fourth-order valence-corrected chi connectivity index (χ4v) is 4.80. The molecule has 2 unspecified atom stereocenters. The average Bonchev–Trinajstić information content (AvgIpc) is 2.66. The zero-order valence-electron chi connectivity index (χ0n) is 16.0. The summed E-state index contributed by atoms with van der Waals surface area (Å²) in [5.41, 5.74) is 0. The SMILES string of the molecule is COC1=N[C@@H](CSSC[C@@H]2N=C(OC)C(C)N=C2OC)C(OC)=NC1C. The number of hydrogen-bond donors (Lipinski definition) is 0. The first kappa shape index (κ1) is 20.9. The minimum Gasteiger partial charge on any atom is -0.483 e. The van der Waals surface area contributed by atoms with Gasteiger partial charge in [0, 0.05) is 11.5 Å². The summed E-state index contributed by atoms with van der Waals surface area (Å²) in [5, 5.41) is 0. The summed E-state index contributed by atoms with van der Waals surface area (Å²) in [6.45, 7) is 3.86. The lowest BCUT2D eigenvalue weighted by molar-refractivity contribution is 0.353. The third-order valence-electron chi connectivity index (χ3n) is 3.86. The number of ether oxygens (including phenoxy) is 4. The Hall–Kier alpha value is -1.42. The van der Waals surface area contributed by atoms with Crippen molar-refractivity contribution in [2.45, 2.75) is 38.0 Å². The van der Waals surface area contributed by atoms with Crippen molar-refractivity contribution in [3.8, 4) is 0 Å². The number of methoxy groups -OCH3 is 4. The fraction of sp³-hybridized carbons (Fsp3) is 0.750. The second kappa shape index (κ2) is 10.1. The van der Waals surface area contributed by atoms with Gasteiger partial charge in [-0.1, -0.05) is 21.6 Å². The summed E-state index contributed by atoms with van der Waals surface area (Å²) in [6, 6.07) is -0.530. The molecule has 0 amide bonds. The molecule has 8 nitrogen and oxygen atoms in total. The lowest BCUT2D eigenvalue weighted by Crippen LogP contribution is -2.35. The van der Waals surface area contributed by atoms with E-state index in [0.29, 0.717) is 23.6 Å². The summed E-state index contributed by atoms with van der Waals surface area (Å²) in [6.07, 6.45) is 0. The summed E-state index contributed by atoms with van der Waals surface area (Å²) in [4.78, 5) is 18.2. The molecule has 4 atom stereocenters. The van der Waals surface area contributed by atoms with Crippen LogP contribution in [0.25, 0.3) is 0 Å².